The lowest BCUT2D eigenvalue weighted by Gasteiger charge is -2.06. The van der Waals surface area contributed by atoms with Crippen LogP contribution in [0.3, 0.4) is 0 Å². The predicted molar refractivity (Wildman–Crippen MR) is 74.9 cm³/mol. The maximum absolute atomic E-state index is 13.3. The highest BCUT2D eigenvalue weighted by atomic mass is 19.1. The lowest BCUT2D eigenvalue weighted by atomic mass is 10.2. The number of rotatable bonds is 1. The molecular weight excluding hydrogens is 259 g/mol. The molecule has 0 fully saturated rings. The number of benzene rings is 2. The van der Waals surface area contributed by atoms with Crippen molar-refractivity contribution in [3.63, 3.8) is 0 Å². The van der Waals surface area contributed by atoms with Crippen molar-refractivity contribution in [3.05, 3.63) is 74.7 Å². The number of nitrogens with zero attached hydrogens (tertiary/aromatic N) is 1. The minimum absolute atomic E-state index is 0.144. The second-order valence-electron chi connectivity index (χ2n) is 4.60. The summed E-state index contributed by atoms with van der Waals surface area (Å²) in [5, 5.41) is 0.144. The first-order valence-corrected chi connectivity index (χ1v) is 6.08. The Morgan fingerprint density at radius 2 is 1.75 bits per heavy atom. The van der Waals surface area contributed by atoms with Gasteiger partial charge >= 0.3 is 5.69 Å². The molecule has 0 amide bonds. The number of hydrogen-bond acceptors (Lipinski definition) is 2. The van der Waals surface area contributed by atoms with Gasteiger partial charge in [0.2, 0.25) is 0 Å². The summed E-state index contributed by atoms with van der Waals surface area (Å²) < 4.78 is 14.3. The van der Waals surface area contributed by atoms with E-state index in [1.54, 1.807) is 24.3 Å². The number of H-pyrrole nitrogens is 1. The van der Waals surface area contributed by atoms with E-state index in [0.717, 1.165) is 16.2 Å². The molecule has 0 atom stereocenters. The van der Waals surface area contributed by atoms with Crippen LogP contribution in [0, 0.1) is 12.7 Å². The maximum Gasteiger partial charge on any atom is 0.333 e. The highest BCUT2D eigenvalue weighted by molar-refractivity contribution is 5.77. The molecule has 0 saturated heterocycles. The van der Waals surface area contributed by atoms with Crippen molar-refractivity contribution in [2.24, 2.45) is 0 Å². The molecule has 3 rings (SSSR count). The number of nitrogens with one attached hydrogen (secondary N) is 1. The van der Waals surface area contributed by atoms with Crippen molar-refractivity contribution >= 4 is 10.9 Å². The summed E-state index contributed by atoms with van der Waals surface area (Å²) >= 11 is 0. The van der Waals surface area contributed by atoms with Crippen molar-refractivity contribution in [3.8, 4) is 5.69 Å². The van der Waals surface area contributed by atoms with Crippen molar-refractivity contribution in [2.45, 2.75) is 6.92 Å². The maximum atomic E-state index is 13.3. The van der Waals surface area contributed by atoms with E-state index in [9.17, 15) is 14.0 Å². The van der Waals surface area contributed by atoms with Crippen LogP contribution in [0.2, 0.25) is 0 Å². The van der Waals surface area contributed by atoms with Crippen molar-refractivity contribution in [1.29, 1.82) is 0 Å². The molecule has 1 N–H and O–H groups in total. The quantitative estimate of drug-likeness (QED) is 0.736. The van der Waals surface area contributed by atoms with E-state index >= 15 is 0 Å². The monoisotopic (exact) mass is 270 g/mol. The highest BCUT2D eigenvalue weighted by Gasteiger charge is 2.09. The molecule has 1 heterocycles. The Labute approximate surface area is 113 Å². The van der Waals surface area contributed by atoms with Gasteiger partial charge in [-0.3, -0.25) is 4.79 Å². The van der Waals surface area contributed by atoms with Crippen molar-refractivity contribution in [2.75, 3.05) is 0 Å². The molecule has 20 heavy (non-hydrogen) atoms. The van der Waals surface area contributed by atoms with Crippen LogP contribution in [0.1, 0.15) is 5.56 Å². The molecular formula is C15H11FN2O2. The predicted octanol–water partition coefficient (Wildman–Crippen LogP) is 2.13. The number of halogens is 1. The second kappa shape index (κ2) is 4.45. The van der Waals surface area contributed by atoms with Crippen LogP contribution in [0.25, 0.3) is 16.6 Å². The van der Waals surface area contributed by atoms with Crippen LogP contribution in [-0.4, -0.2) is 9.55 Å². The molecule has 0 spiro atoms. The molecule has 0 unspecified atom stereocenters. The fourth-order valence-corrected chi connectivity index (χ4v) is 2.11. The fourth-order valence-electron chi connectivity index (χ4n) is 2.11. The first-order chi connectivity index (χ1) is 9.56. The van der Waals surface area contributed by atoms with Crippen LogP contribution < -0.4 is 11.2 Å². The summed E-state index contributed by atoms with van der Waals surface area (Å²) in [5.41, 5.74) is 0.716. The van der Waals surface area contributed by atoms with Gasteiger partial charge in [-0.05, 0) is 37.3 Å². The largest absolute Gasteiger partial charge is 0.333 e. The Hall–Kier alpha value is -2.69. The lowest BCUT2D eigenvalue weighted by Crippen LogP contribution is -2.33. The third kappa shape index (κ3) is 1.93. The summed E-state index contributed by atoms with van der Waals surface area (Å²) in [6, 6.07) is 10.7. The molecule has 0 aliphatic carbocycles. The molecule has 100 valence electrons. The molecule has 1 aromatic heterocycles. The summed E-state index contributed by atoms with van der Waals surface area (Å²) in [6.45, 7) is 1.91. The first-order valence-electron chi connectivity index (χ1n) is 6.08. The van der Waals surface area contributed by atoms with Crippen molar-refractivity contribution in [1.82, 2.24) is 9.55 Å². The zero-order valence-corrected chi connectivity index (χ0v) is 10.7. The van der Waals surface area contributed by atoms with Crippen LogP contribution in [0.4, 0.5) is 4.39 Å². The Morgan fingerprint density at radius 1 is 1.05 bits per heavy atom. The molecule has 3 aromatic rings. The van der Waals surface area contributed by atoms with Gasteiger partial charge in [0.15, 0.2) is 0 Å². The summed E-state index contributed by atoms with van der Waals surface area (Å²) in [6.07, 6.45) is 0. The van der Waals surface area contributed by atoms with E-state index in [4.69, 9.17) is 0 Å². The van der Waals surface area contributed by atoms with Gasteiger partial charge in [0.05, 0.1) is 16.6 Å². The van der Waals surface area contributed by atoms with E-state index in [-0.39, 0.29) is 5.39 Å². The average Bonchev–Trinajstić information content (AvgIpc) is 2.42. The average molecular weight is 270 g/mol. The second-order valence-corrected chi connectivity index (χ2v) is 4.60. The molecule has 0 aliphatic heterocycles. The smallest absolute Gasteiger partial charge is 0.306 e. The third-order valence-corrected chi connectivity index (χ3v) is 3.15. The van der Waals surface area contributed by atoms with Gasteiger partial charge < -0.3 is 4.98 Å². The normalized spacial score (nSPS) is 10.9. The summed E-state index contributed by atoms with van der Waals surface area (Å²) in [5.74, 6) is -0.517. The van der Waals surface area contributed by atoms with Gasteiger partial charge in [0.25, 0.3) is 5.56 Å². The summed E-state index contributed by atoms with van der Waals surface area (Å²) in [7, 11) is 0. The minimum Gasteiger partial charge on any atom is -0.306 e. The van der Waals surface area contributed by atoms with E-state index in [1.807, 2.05) is 6.92 Å². The molecule has 4 nitrogen and oxygen atoms in total. The molecule has 0 radical (unpaired) electrons. The summed E-state index contributed by atoms with van der Waals surface area (Å²) in [4.78, 5) is 27.0. The van der Waals surface area contributed by atoms with Crippen LogP contribution >= 0.6 is 0 Å². The highest BCUT2D eigenvalue weighted by Crippen LogP contribution is 2.10. The van der Waals surface area contributed by atoms with Gasteiger partial charge in [-0.25, -0.2) is 13.8 Å². The molecule has 0 saturated carbocycles. The SMILES string of the molecule is Cc1ccc(-n2c(=O)[nH]c3ccc(F)cc3c2=O)cc1. The number of aromatic nitrogens is 2. The number of hydrogen-bond donors (Lipinski definition) is 1. The number of aryl methyl sites for hydroxylation is 1. The zero-order valence-electron chi connectivity index (χ0n) is 10.7. The van der Waals surface area contributed by atoms with Crippen molar-refractivity contribution < 1.29 is 4.39 Å². The van der Waals surface area contributed by atoms with E-state index < -0.39 is 17.1 Å². The minimum atomic E-state index is -0.544. The molecule has 0 aliphatic rings. The third-order valence-electron chi connectivity index (χ3n) is 3.15. The van der Waals surface area contributed by atoms with E-state index in [2.05, 4.69) is 4.98 Å². The number of aromatic amines is 1. The molecule has 2 aromatic carbocycles. The topological polar surface area (TPSA) is 54.9 Å². The van der Waals surface area contributed by atoms with Gasteiger partial charge in [-0.15, -0.1) is 0 Å². The van der Waals surface area contributed by atoms with Gasteiger partial charge in [-0.2, -0.15) is 0 Å². The Kier molecular flexibility index (Phi) is 2.75. The zero-order chi connectivity index (χ0) is 14.3. The number of fused-ring (bicyclic) bond motifs is 1. The van der Waals surface area contributed by atoms with Crippen LogP contribution in [0.15, 0.2) is 52.1 Å². The standard InChI is InChI=1S/C15H11FN2O2/c1-9-2-5-11(6-3-9)18-14(19)12-8-10(16)4-7-13(12)17-15(18)20/h2-8H,1H3,(H,17,20). The molecule has 5 heteroatoms. The Balaban J connectivity index is 2.39. The van der Waals surface area contributed by atoms with Gasteiger partial charge in [0, 0.05) is 0 Å². The lowest BCUT2D eigenvalue weighted by molar-refractivity contribution is 0.629. The Bertz CT molecular complexity index is 908. The fraction of sp³-hybridized carbons (Fsp3) is 0.0667. The van der Waals surface area contributed by atoms with Gasteiger partial charge in [0.1, 0.15) is 5.82 Å². The van der Waals surface area contributed by atoms with Crippen LogP contribution in [0.5, 0.6) is 0 Å². The Morgan fingerprint density at radius 3 is 2.45 bits per heavy atom. The first kappa shape index (κ1) is 12.3. The molecule has 0 bridgehead atoms. The van der Waals surface area contributed by atoms with E-state index in [0.29, 0.717) is 11.2 Å². The van der Waals surface area contributed by atoms with Crippen LogP contribution in [-0.2, 0) is 0 Å². The van der Waals surface area contributed by atoms with E-state index in [1.165, 1.54) is 12.1 Å². The van der Waals surface area contributed by atoms with Gasteiger partial charge in [-0.1, -0.05) is 17.7 Å².